The second-order valence-electron chi connectivity index (χ2n) is 4.93. The minimum atomic E-state index is 0.0307. The molecule has 0 saturated carbocycles. The fraction of sp³-hybridized carbons (Fsp3) is 0.929. The van der Waals surface area contributed by atoms with E-state index in [0.717, 1.165) is 45.3 Å². The normalized spacial score (nSPS) is 20.0. The average molecular weight is 272 g/mol. The van der Waals surface area contributed by atoms with Gasteiger partial charge in [0.05, 0.1) is 19.3 Å². The summed E-state index contributed by atoms with van der Waals surface area (Å²) in [4.78, 5) is 14.2. The lowest BCUT2D eigenvalue weighted by Crippen LogP contribution is -2.51. The van der Waals surface area contributed by atoms with Gasteiger partial charge < -0.3 is 19.7 Å². The molecule has 0 aromatic carbocycles. The molecule has 0 spiro atoms. The molecule has 5 nitrogen and oxygen atoms in total. The summed E-state index contributed by atoms with van der Waals surface area (Å²) in [6, 6.07) is 0.0307. The molecule has 0 aromatic heterocycles. The Balaban J connectivity index is 2.16. The van der Waals surface area contributed by atoms with Gasteiger partial charge >= 0.3 is 0 Å². The van der Waals surface area contributed by atoms with Crippen molar-refractivity contribution in [2.75, 3.05) is 46.6 Å². The molecule has 1 saturated heterocycles. The van der Waals surface area contributed by atoms with Crippen molar-refractivity contribution in [3.05, 3.63) is 0 Å². The Morgan fingerprint density at radius 3 is 2.95 bits per heavy atom. The highest BCUT2D eigenvalue weighted by Crippen LogP contribution is 2.12. The van der Waals surface area contributed by atoms with Gasteiger partial charge in [-0.25, -0.2) is 0 Å². The molecule has 1 aliphatic rings. The van der Waals surface area contributed by atoms with Crippen molar-refractivity contribution in [1.29, 1.82) is 0 Å². The fourth-order valence-electron chi connectivity index (χ4n) is 2.27. The third-order valence-electron chi connectivity index (χ3n) is 3.32. The van der Waals surface area contributed by atoms with Crippen LogP contribution in [-0.2, 0) is 14.3 Å². The number of nitrogens with zero attached hydrogens (tertiary/aromatic N) is 1. The first-order valence-electron chi connectivity index (χ1n) is 7.38. The summed E-state index contributed by atoms with van der Waals surface area (Å²) < 4.78 is 10.3. The van der Waals surface area contributed by atoms with Crippen molar-refractivity contribution < 1.29 is 14.3 Å². The predicted molar refractivity (Wildman–Crippen MR) is 75.2 cm³/mol. The fourth-order valence-corrected chi connectivity index (χ4v) is 2.27. The van der Waals surface area contributed by atoms with Gasteiger partial charge in [-0.05, 0) is 32.2 Å². The second kappa shape index (κ2) is 10.2. The first-order valence-corrected chi connectivity index (χ1v) is 7.38. The van der Waals surface area contributed by atoms with Crippen LogP contribution in [0.1, 0.15) is 32.6 Å². The first kappa shape index (κ1) is 16.4. The summed E-state index contributed by atoms with van der Waals surface area (Å²) in [5.41, 5.74) is 0. The van der Waals surface area contributed by atoms with E-state index < -0.39 is 0 Å². The maximum Gasteiger partial charge on any atom is 0.239 e. The number of methoxy groups -OCH3 is 1. The topological polar surface area (TPSA) is 50.8 Å². The number of nitrogens with one attached hydrogen (secondary N) is 1. The highest BCUT2D eigenvalue weighted by molar-refractivity contribution is 5.82. The Bertz CT molecular complexity index is 249. The molecule has 1 rings (SSSR count). The summed E-state index contributed by atoms with van der Waals surface area (Å²) in [6.07, 6.45) is 4.03. The van der Waals surface area contributed by atoms with E-state index in [1.54, 1.807) is 7.11 Å². The first-order chi connectivity index (χ1) is 9.29. The molecule has 0 radical (unpaired) electrons. The van der Waals surface area contributed by atoms with Crippen molar-refractivity contribution in [3.8, 4) is 0 Å². The van der Waals surface area contributed by atoms with Gasteiger partial charge in [-0.15, -0.1) is 0 Å². The standard InChI is InChI=1S/C14H28N2O3/c1-3-7-15-13-6-4-8-16(14(13)17)9-5-10-19-12-11-18-2/h13,15H,3-12H2,1-2H3. The number of ether oxygens (including phenoxy) is 2. The molecule has 1 N–H and O–H groups in total. The van der Waals surface area contributed by atoms with Crippen molar-refractivity contribution >= 4 is 5.91 Å². The van der Waals surface area contributed by atoms with Crippen LogP contribution in [0.3, 0.4) is 0 Å². The summed E-state index contributed by atoms with van der Waals surface area (Å²) >= 11 is 0. The third-order valence-corrected chi connectivity index (χ3v) is 3.32. The van der Waals surface area contributed by atoms with Crippen molar-refractivity contribution in [3.63, 3.8) is 0 Å². The minimum Gasteiger partial charge on any atom is -0.382 e. The highest BCUT2D eigenvalue weighted by Gasteiger charge is 2.27. The van der Waals surface area contributed by atoms with Crippen LogP contribution in [0.2, 0.25) is 0 Å². The summed E-state index contributed by atoms with van der Waals surface area (Å²) in [5, 5.41) is 3.33. The molecule has 1 atom stereocenters. The highest BCUT2D eigenvalue weighted by atomic mass is 16.5. The predicted octanol–water partition coefficient (Wildman–Crippen LogP) is 1.03. The van der Waals surface area contributed by atoms with E-state index in [0.29, 0.717) is 19.8 Å². The smallest absolute Gasteiger partial charge is 0.239 e. The number of rotatable bonds is 10. The summed E-state index contributed by atoms with van der Waals surface area (Å²) in [6.45, 7) is 6.69. The Hall–Kier alpha value is -0.650. The van der Waals surface area contributed by atoms with Gasteiger partial charge in [-0.2, -0.15) is 0 Å². The number of piperidine rings is 1. The zero-order chi connectivity index (χ0) is 13.9. The molecule has 1 heterocycles. The minimum absolute atomic E-state index is 0.0307. The van der Waals surface area contributed by atoms with Gasteiger partial charge in [0.25, 0.3) is 0 Å². The number of amides is 1. The number of hydrogen-bond donors (Lipinski definition) is 1. The molecular formula is C14H28N2O3. The van der Waals surface area contributed by atoms with Gasteiger partial charge in [-0.3, -0.25) is 4.79 Å². The van der Waals surface area contributed by atoms with Gasteiger partial charge in [0, 0.05) is 26.8 Å². The summed E-state index contributed by atoms with van der Waals surface area (Å²) in [7, 11) is 1.67. The molecule has 1 unspecified atom stereocenters. The van der Waals surface area contributed by atoms with E-state index in [2.05, 4.69) is 12.2 Å². The molecule has 19 heavy (non-hydrogen) atoms. The molecule has 5 heteroatoms. The Morgan fingerprint density at radius 1 is 1.37 bits per heavy atom. The van der Waals surface area contributed by atoms with Crippen LogP contribution in [0.5, 0.6) is 0 Å². The lowest BCUT2D eigenvalue weighted by molar-refractivity contribution is -0.136. The van der Waals surface area contributed by atoms with Crippen LogP contribution in [0, 0.1) is 0 Å². The molecule has 1 amide bonds. The van der Waals surface area contributed by atoms with Crippen LogP contribution < -0.4 is 5.32 Å². The van der Waals surface area contributed by atoms with Crippen LogP contribution >= 0.6 is 0 Å². The Labute approximate surface area is 116 Å². The largest absolute Gasteiger partial charge is 0.382 e. The van der Waals surface area contributed by atoms with Crippen molar-refractivity contribution in [2.24, 2.45) is 0 Å². The molecule has 1 fully saturated rings. The molecule has 0 bridgehead atoms. The zero-order valence-corrected chi connectivity index (χ0v) is 12.3. The molecule has 0 aromatic rings. The van der Waals surface area contributed by atoms with Gasteiger partial charge in [-0.1, -0.05) is 6.92 Å². The number of hydrogen-bond acceptors (Lipinski definition) is 4. The quantitative estimate of drug-likeness (QED) is 0.604. The van der Waals surface area contributed by atoms with E-state index in [-0.39, 0.29) is 11.9 Å². The number of carbonyl (C=O) groups excluding carboxylic acids is 1. The average Bonchev–Trinajstić information content (AvgIpc) is 2.43. The lowest BCUT2D eigenvalue weighted by atomic mass is 10.0. The van der Waals surface area contributed by atoms with Crippen molar-refractivity contribution in [2.45, 2.75) is 38.6 Å². The van der Waals surface area contributed by atoms with E-state index in [1.165, 1.54) is 0 Å². The molecule has 1 aliphatic heterocycles. The number of likely N-dealkylation sites (tertiary alicyclic amines) is 1. The maximum absolute atomic E-state index is 12.2. The van der Waals surface area contributed by atoms with Crippen LogP contribution in [0.4, 0.5) is 0 Å². The van der Waals surface area contributed by atoms with E-state index >= 15 is 0 Å². The van der Waals surface area contributed by atoms with E-state index in [4.69, 9.17) is 9.47 Å². The van der Waals surface area contributed by atoms with Crippen LogP contribution in [0.15, 0.2) is 0 Å². The van der Waals surface area contributed by atoms with Gasteiger partial charge in [0.1, 0.15) is 0 Å². The monoisotopic (exact) mass is 272 g/mol. The van der Waals surface area contributed by atoms with Gasteiger partial charge in [0.15, 0.2) is 0 Å². The van der Waals surface area contributed by atoms with Crippen LogP contribution in [0.25, 0.3) is 0 Å². The van der Waals surface area contributed by atoms with E-state index in [9.17, 15) is 4.79 Å². The van der Waals surface area contributed by atoms with Crippen LogP contribution in [-0.4, -0.2) is 63.4 Å². The number of carbonyl (C=O) groups is 1. The van der Waals surface area contributed by atoms with E-state index in [1.807, 2.05) is 4.90 Å². The van der Waals surface area contributed by atoms with Gasteiger partial charge in [0.2, 0.25) is 5.91 Å². The molecule has 0 aliphatic carbocycles. The molecular weight excluding hydrogens is 244 g/mol. The Morgan fingerprint density at radius 2 is 2.21 bits per heavy atom. The lowest BCUT2D eigenvalue weighted by Gasteiger charge is -2.32. The maximum atomic E-state index is 12.2. The third kappa shape index (κ3) is 6.36. The molecule has 112 valence electrons. The summed E-state index contributed by atoms with van der Waals surface area (Å²) in [5.74, 6) is 0.261. The second-order valence-corrected chi connectivity index (χ2v) is 4.93. The van der Waals surface area contributed by atoms with Crippen molar-refractivity contribution in [1.82, 2.24) is 10.2 Å². The SMILES string of the molecule is CCCNC1CCCN(CCCOCCOC)C1=O. The Kier molecular flexibility index (Phi) is 8.79. The zero-order valence-electron chi connectivity index (χ0n) is 12.3.